The van der Waals surface area contributed by atoms with E-state index in [1.807, 2.05) is 6.07 Å². The Morgan fingerprint density at radius 1 is 1.23 bits per heavy atom. The summed E-state index contributed by atoms with van der Waals surface area (Å²) in [7, 11) is -3.15. The largest absolute Gasteiger partial charge is 0.374 e. The van der Waals surface area contributed by atoms with Crippen LogP contribution in [-0.2, 0) is 14.6 Å². The van der Waals surface area contributed by atoms with Crippen LogP contribution in [0.15, 0.2) is 48.5 Å². The lowest BCUT2D eigenvalue weighted by molar-refractivity contribution is -0.117. The van der Waals surface area contributed by atoms with Gasteiger partial charge in [-0.1, -0.05) is 29.8 Å². The number of carbonyl (C=O) groups is 1. The van der Waals surface area contributed by atoms with E-state index in [-0.39, 0.29) is 29.6 Å². The second kappa shape index (κ2) is 7.63. The molecule has 0 unspecified atom stereocenters. The number of para-hydroxylation sites is 1. The maximum absolute atomic E-state index is 13.8. The fraction of sp³-hybridized carbons (Fsp3) is 0.278. The molecule has 1 aliphatic heterocycles. The number of nitrogens with one attached hydrogen (secondary N) is 1. The van der Waals surface area contributed by atoms with E-state index >= 15 is 0 Å². The van der Waals surface area contributed by atoms with Crippen molar-refractivity contribution in [1.82, 2.24) is 0 Å². The number of halogens is 2. The highest BCUT2D eigenvalue weighted by Gasteiger charge is 2.35. The fourth-order valence-electron chi connectivity index (χ4n) is 3.02. The zero-order valence-corrected chi connectivity index (χ0v) is 15.4. The van der Waals surface area contributed by atoms with Gasteiger partial charge in [0, 0.05) is 10.7 Å². The smallest absolute Gasteiger partial charge is 0.246 e. The van der Waals surface area contributed by atoms with Crippen LogP contribution in [0, 0.1) is 5.82 Å². The third-order valence-electron chi connectivity index (χ3n) is 4.24. The van der Waals surface area contributed by atoms with E-state index in [1.54, 1.807) is 24.3 Å². The van der Waals surface area contributed by atoms with E-state index in [4.69, 9.17) is 11.6 Å². The number of hydrogen-bond acceptors (Lipinski definition) is 4. The van der Waals surface area contributed by atoms with Crippen molar-refractivity contribution in [1.29, 1.82) is 0 Å². The van der Waals surface area contributed by atoms with Crippen LogP contribution in [0.5, 0.6) is 0 Å². The summed E-state index contributed by atoms with van der Waals surface area (Å²) in [6.07, 6.45) is 0.383. The van der Waals surface area contributed by atoms with Gasteiger partial charge in [-0.25, -0.2) is 12.8 Å². The number of amides is 1. The van der Waals surface area contributed by atoms with E-state index in [0.717, 1.165) is 0 Å². The summed E-state index contributed by atoms with van der Waals surface area (Å²) in [6, 6.07) is 12.5. The molecule has 1 fully saturated rings. The predicted octanol–water partition coefficient (Wildman–Crippen LogP) is 3.11. The molecule has 0 spiro atoms. The Morgan fingerprint density at radius 3 is 2.62 bits per heavy atom. The molecule has 138 valence electrons. The van der Waals surface area contributed by atoms with Crippen molar-refractivity contribution in [3.8, 4) is 0 Å². The van der Waals surface area contributed by atoms with Gasteiger partial charge in [-0.3, -0.25) is 4.79 Å². The highest BCUT2D eigenvalue weighted by Crippen LogP contribution is 2.25. The lowest BCUT2D eigenvalue weighted by Gasteiger charge is -2.28. The van der Waals surface area contributed by atoms with Gasteiger partial charge in [0.15, 0.2) is 9.84 Å². The van der Waals surface area contributed by atoms with Crippen molar-refractivity contribution in [2.45, 2.75) is 12.5 Å². The van der Waals surface area contributed by atoms with Crippen molar-refractivity contribution in [2.24, 2.45) is 0 Å². The third kappa shape index (κ3) is 4.34. The number of hydrogen-bond donors (Lipinski definition) is 1. The molecule has 0 radical (unpaired) electrons. The summed E-state index contributed by atoms with van der Waals surface area (Å²) in [5.74, 6) is -0.862. The zero-order chi connectivity index (χ0) is 18.7. The monoisotopic (exact) mass is 396 g/mol. The first kappa shape index (κ1) is 18.7. The Bertz CT molecular complexity index is 906. The molecule has 0 saturated carbocycles. The predicted molar refractivity (Wildman–Crippen MR) is 101 cm³/mol. The van der Waals surface area contributed by atoms with E-state index in [1.165, 1.54) is 23.1 Å². The Kier molecular flexibility index (Phi) is 5.48. The Morgan fingerprint density at radius 2 is 1.96 bits per heavy atom. The van der Waals surface area contributed by atoms with Crippen LogP contribution in [0.1, 0.15) is 6.42 Å². The Balaban J connectivity index is 1.80. The molecule has 1 N–H and O–H groups in total. The highest BCUT2D eigenvalue weighted by atomic mass is 35.5. The number of anilines is 2. The minimum Gasteiger partial charge on any atom is -0.374 e. The molecule has 1 atom stereocenters. The van der Waals surface area contributed by atoms with Crippen LogP contribution >= 0.6 is 11.6 Å². The number of benzene rings is 2. The summed E-state index contributed by atoms with van der Waals surface area (Å²) in [5, 5.41) is 3.10. The highest BCUT2D eigenvalue weighted by molar-refractivity contribution is 7.91. The van der Waals surface area contributed by atoms with E-state index in [2.05, 4.69) is 5.32 Å². The molecule has 1 amide bonds. The van der Waals surface area contributed by atoms with Gasteiger partial charge in [-0.15, -0.1) is 0 Å². The summed E-state index contributed by atoms with van der Waals surface area (Å²) >= 11 is 5.86. The molecule has 1 aliphatic rings. The first-order valence-corrected chi connectivity index (χ1v) is 10.3. The van der Waals surface area contributed by atoms with Gasteiger partial charge >= 0.3 is 0 Å². The van der Waals surface area contributed by atoms with Crippen molar-refractivity contribution < 1.29 is 17.6 Å². The van der Waals surface area contributed by atoms with Gasteiger partial charge in [0.1, 0.15) is 5.82 Å². The molecule has 26 heavy (non-hydrogen) atoms. The molecular weight excluding hydrogens is 379 g/mol. The first-order chi connectivity index (χ1) is 12.4. The number of nitrogens with zero attached hydrogens (tertiary/aromatic N) is 1. The lowest BCUT2D eigenvalue weighted by Crippen LogP contribution is -2.44. The number of rotatable bonds is 5. The second-order valence-electron chi connectivity index (χ2n) is 6.13. The van der Waals surface area contributed by atoms with Crippen molar-refractivity contribution in [3.63, 3.8) is 0 Å². The topological polar surface area (TPSA) is 66.5 Å². The normalized spacial score (nSPS) is 18.5. The number of carbonyl (C=O) groups excluding carboxylic acids is 1. The van der Waals surface area contributed by atoms with Crippen LogP contribution in [0.4, 0.5) is 15.8 Å². The van der Waals surface area contributed by atoms with Gasteiger partial charge in [-0.05, 0) is 36.8 Å². The van der Waals surface area contributed by atoms with Gasteiger partial charge in [0.05, 0.1) is 29.8 Å². The van der Waals surface area contributed by atoms with Crippen molar-refractivity contribution in [3.05, 3.63) is 59.4 Å². The van der Waals surface area contributed by atoms with Crippen LogP contribution in [0.25, 0.3) is 0 Å². The maximum Gasteiger partial charge on any atom is 0.246 e. The number of sulfone groups is 1. The SMILES string of the molecule is O=C(CNc1cc(Cl)ccc1F)N(c1ccccc1)[C@H]1CCS(=O)(=O)C1. The minimum atomic E-state index is -3.15. The zero-order valence-electron chi connectivity index (χ0n) is 13.9. The van der Waals surface area contributed by atoms with Crippen LogP contribution in [0.2, 0.25) is 5.02 Å². The van der Waals surface area contributed by atoms with E-state index in [0.29, 0.717) is 17.1 Å². The summed E-state index contributed by atoms with van der Waals surface area (Å²) in [6.45, 7) is -0.178. The van der Waals surface area contributed by atoms with E-state index in [9.17, 15) is 17.6 Å². The van der Waals surface area contributed by atoms with Crippen LogP contribution in [0.3, 0.4) is 0 Å². The molecule has 2 aromatic carbocycles. The summed E-state index contributed by atoms with van der Waals surface area (Å²) in [4.78, 5) is 14.3. The molecule has 2 aromatic rings. The standard InChI is InChI=1S/C18H18ClFN2O3S/c19-13-6-7-16(20)17(10-13)21-11-18(23)22(14-4-2-1-3-5-14)15-8-9-26(24,25)12-15/h1-7,10,15,21H,8-9,11-12H2/t15-/m0/s1. The van der Waals surface area contributed by atoms with Gasteiger partial charge in [0.25, 0.3) is 0 Å². The average molecular weight is 397 g/mol. The molecule has 1 heterocycles. The van der Waals surface area contributed by atoms with Crippen molar-refractivity contribution >= 4 is 38.7 Å². The molecule has 0 bridgehead atoms. The minimum absolute atomic E-state index is 0.0601. The molecule has 0 aromatic heterocycles. The molecule has 5 nitrogen and oxygen atoms in total. The van der Waals surface area contributed by atoms with E-state index < -0.39 is 21.7 Å². The molecule has 1 saturated heterocycles. The van der Waals surface area contributed by atoms with Crippen LogP contribution in [-0.4, -0.2) is 38.4 Å². The van der Waals surface area contributed by atoms with Crippen molar-refractivity contribution in [2.75, 3.05) is 28.3 Å². The second-order valence-corrected chi connectivity index (χ2v) is 8.80. The first-order valence-electron chi connectivity index (χ1n) is 8.12. The molecule has 0 aliphatic carbocycles. The fourth-order valence-corrected chi connectivity index (χ4v) is 4.89. The van der Waals surface area contributed by atoms with Gasteiger partial charge in [0.2, 0.25) is 5.91 Å². The average Bonchev–Trinajstić information content (AvgIpc) is 2.96. The van der Waals surface area contributed by atoms with Gasteiger partial charge < -0.3 is 10.2 Å². The Hall–Kier alpha value is -2.12. The summed E-state index contributed by atoms with van der Waals surface area (Å²) < 4.78 is 37.5. The lowest BCUT2D eigenvalue weighted by atomic mass is 10.1. The maximum atomic E-state index is 13.8. The molecule has 8 heteroatoms. The summed E-state index contributed by atoms with van der Waals surface area (Å²) in [5.41, 5.74) is 0.742. The quantitative estimate of drug-likeness (QED) is 0.843. The molecular formula is C18H18ClFN2O3S. The van der Waals surface area contributed by atoms with Crippen LogP contribution < -0.4 is 10.2 Å². The third-order valence-corrected chi connectivity index (χ3v) is 6.22. The Labute approximate surface area is 156 Å². The van der Waals surface area contributed by atoms with Gasteiger partial charge in [-0.2, -0.15) is 0 Å². The molecule has 3 rings (SSSR count).